The van der Waals surface area contributed by atoms with Crippen LogP contribution in [0.3, 0.4) is 0 Å². The molecule has 0 aliphatic rings. The molecule has 3 nitrogen and oxygen atoms in total. The van der Waals surface area contributed by atoms with Gasteiger partial charge in [-0.3, -0.25) is 0 Å². The zero-order valence-electron chi connectivity index (χ0n) is 15.4. The van der Waals surface area contributed by atoms with Crippen LogP contribution >= 0.6 is 37.2 Å². The number of hydrogen-bond acceptors (Lipinski definition) is 3. The van der Waals surface area contributed by atoms with Crippen LogP contribution in [0.2, 0.25) is 0 Å². The van der Waals surface area contributed by atoms with E-state index in [1.807, 2.05) is 0 Å². The SMILES string of the molecule is Cl.Cl.Cl.NCCCCNCCCCNCCc1cccc2ccccc12. The highest BCUT2D eigenvalue weighted by Gasteiger charge is 1.99. The molecular weight excluding hydrogens is 389 g/mol. The Labute approximate surface area is 177 Å². The van der Waals surface area contributed by atoms with Crippen molar-refractivity contribution < 1.29 is 0 Å². The summed E-state index contributed by atoms with van der Waals surface area (Å²) in [6, 6.07) is 15.2. The molecule has 0 aliphatic heterocycles. The maximum absolute atomic E-state index is 5.47. The third-order valence-electron chi connectivity index (χ3n) is 4.22. The molecule has 2 rings (SSSR count). The van der Waals surface area contributed by atoms with E-state index >= 15 is 0 Å². The van der Waals surface area contributed by atoms with Gasteiger partial charge in [0.2, 0.25) is 0 Å². The molecule has 0 saturated carbocycles. The fraction of sp³-hybridized carbons (Fsp3) is 0.500. The van der Waals surface area contributed by atoms with E-state index in [0.29, 0.717) is 0 Å². The Kier molecular flexibility index (Phi) is 19.0. The van der Waals surface area contributed by atoms with Crippen LogP contribution in [0.25, 0.3) is 10.8 Å². The first-order chi connectivity index (χ1) is 11.4. The van der Waals surface area contributed by atoms with E-state index in [1.54, 1.807) is 0 Å². The highest BCUT2D eigenvalue weighted by molar-refractivity contribution is 5.86. The number of nitrogens with two attached hydrogens (primary N) is 1. The minimum absolute atomic E-state index is 0. The minimum atomic E-state index is 0. The molecule has 0 amide bonds. The molecule has 0 bridgehead atoms. The third kappa shape index (κ3) is 10.6. The van der Waals surface area contributed by atoms with Crippen molar-refractivity contribution >= 4 is 48.0 Å². The topological polar surface area (TPSA) is 50.1 Å². The van der Waals surface area contributed by atoms with Crippen LogP contribution in [-0.4, -0.2) is 32.7 Å². The summed E-state index contributed by atoms with van der Waals surface area (Å²) in [7, 11) is 0. The van der Waals surface area contributed by atoms with Crippen LogP contribution < -0.4 is 16.4 Å². The summed E-state index contributed by atoms with van der Waals surface area (Å²) in [6.45, 7) is 5.19. The summed E-state index contributed by atoms with van der Waals surface area (Å²) in [5.41, 5.74) is 6.92. The number of nitrogens with one attached hydrogen (secondary N) is 2. The first-order valence-electron chi connectivity index (χ1n) is 9.00. The second kappa shape index (κ2) is 17.8. The van der Waals surface area contributed by atoms with Crippen molar-refractivity contribution in [2.24, 2.45) is 5.73 Å². The van der Waals surface area contributed by atoms with Gasteiger partial charge in [-0.2, -0.15) is 0 Å². The first-order valence-corrected chi connectivity index (χ1v) is 9.00. The monoisotopic (exact) mass is 421 g/mol. The lowest BCUT2D eigenvalue weighted by molar-refractivity contribution is 0.569. The molecule has 6 heteroatoms. The lowest BCUT2D eigenvalue weighted by Gasteiger charge is -2.08. The van der Waals surface area contributed by atoms with Gasteiger partial charge in [0.1, 0.15) is 0 Å². The van der Waals surface area contributed by atoms with E-state index < -0.39 is 0 Å². The van der Waals surface area contributed by atoms with Crippen LogP contribution in [0, 0.1) is 0 Å². The van der Waals surface area contributed by atoms with E-state index in [-0.39, 0.29) is 37.2 Å². The van der Waals surface area contributed by atoms with Crippen LogP contribution in [0.4, 0.5) is 0 Å². The lowest BCUT2D eigenvalue weighted by atomic mass is 10.0. The van der Waals surface area contributed by atoms with E-state index in [9.17, 15) is 0 Å². The van der Waals surface area contributed by atoms with Crippen LogP contribution in [0.1, 0.15) is 31.2 Å². The Hall–Kier alpha value is -0.550. The van der Waals surface area contributed by atoms with E-state index in [1.165, 1.54) is 35.6 Å². The predicted molar refractivity (Wildman–Crippen MR) is 123 cm³/mol. The number of halogens is 3. The number of benzene rings is 2. The summed E-state index contributed by atoms with van der Waals surface area (Å²) in [4.78, 5) is 0. The molecule has 2 aromatic rings. The molecule has 0 atom stereocenters. The molecule has 0 aliphatic carbocycles. The third-order valence-corrected chi connectivity index (χ3v) is 4.22. The zero-order chi connectivity index (χ0) is 16.2. The lowest BCUT2D eigenvalue weighted by Crippen LogP contribution is -2.21. The molecule has 0 unspecified atom stereocenters. The molecule has 0 spiro atoms. The van der Waals surface area contributed by atoms with Gasteiger partial charge in [0.25, 0.3) is 0 Å². The quantitative estimate of drug-likeness (QED) is 0.446. The van der Waals surface area contributed by atoms with Crippen LogP contribution in [0.15, 0.2) is 42.5 Å². The summed E-state index contributed by atoms with van der Waals surface area (Å²) < 4.78 is 0. The molecule has 150 valence electrons. The average Bonchev–Trinajstić information content (AvgIpc) is 2.60. The smallest absolute Gasteiger partial charge is 0.000813 e. The summed E-state index contributed by atoms with van der Waals surface area (Å²) in [6.07, 6.45) is 5.89. The van der Waals surface area contributed by atoms with E-state index in [0.717, 1.165) is 45.6 Å². The maximum Gasteiger partial charge on any atom is -0.000813 e. The Morgan fingerprint density at radius 1 is 0.654 bits per heavy atom. The zero-order valence-corrected chi connectivity index (χ0v) is 17.9. The average molecular weight is 423 g/mol. The van der Waals surface area contributed by atoms with Crippen molar-refractivity contribution in [3.05, 3.63) is 48.0 Å². The van der Waals surface area contributed by atoms with Gasteiger partial charge >= 0.3 is 0 Å². The Balaban J connectivity index is 0. The summed E-state index contributed by atoms with van der Waals surface area (Å²) >= 11 is 0. The van der Waals surface area contributed by atoms with E-state index in [4.69, 9.17) is 5.73 Å². The first kappa shape index (κ1) is 27.7. The normalized spacial score (nSPS) is 9.88. The van der Waals surface area contributed by atoms with Gasteiger partial charge in [0, 0.05) is 0 Å². The summed E-state index contributed by atoms with van der Waals surface area (Å²) in [5.74, 6) is 0. The molecule has 2 aromatic carbocycles. The van der Waals surface area contributed by atoms with Gasteiger partial charge in [0.05, 0.1) is 0 Å². The van der Waals surface area contributed by atoms with Crippen molar-refractivity contribution in [3.8, 4) is 0 Å². The fourth-order valence-corrected chi connectivity index (χ4v) is 2.88. The van der Waals surface area contributed by atoms with Crippen molar-refractivity contribution in [2.75, 3.05) is 32.7 Å². The number of rotatable bonds is 12. The van der Waals surface area contributed by atoms with Gasteiger partial charge in [-0.1, -0.05) is 42.5 Å². The van der Waals surface area contributed by atoms with Crippen molar-refractivity contribution in [3.63, 3.8) is 0 Å². The Bertz CT molecular complexity index is 561. The van der Waals surface area contributed by atoms with Gasteiger partial charge in [0.15, 0.2) is 0 Å². The standard InChI is InChI=1S/C20H31N3.3ClH/c21-13-3-4-14-22-15-5-6-16-23-17-12-19-10-7-9-18-8-1-2-11-20(18)19;;;/h1-2,7-11,22-23H,3-6,12-17,21H2;3*1H. The van der Waals surface area contributed by atoms with Crippen molar-refractivity contribution in [2.45, 2.75) is 32.1 Å². The van der Waals surface area contributed by atoms with Crippen molar-refractivity contribution in [1.29, 1.82) is 0 Å². The van der Waals surface area contributed by atoms with Gasteiger partial charge in [-0.25, -0.2) is 0 Å². The molecule has 0 radical (unpaired) electrons. The predicted octanol–water partition coefficient (Wildman–Crippen LogP) is 4.35. The number of fused-ring (bicyclic) bond motifs is 1. The van der Waals surface area contributed by atoms with Gasteiger partial charge < -0.3 is 16.4 Å². The summed E-state index contributed by atoms with van der Waals surface area (Å²) in [5, 5.41) is 9.77. The van der Waals surface area contributed by atoms with Gasteiger partial charge in [-0.15, -0.1) is 37.2 Å². The molecule has 4 N–H and O–H groups in total. The molecule has 26 heavy (non-hydrogen) atoms. The number of unbranched alkanes of at least 4 members (excludes halogenated alkanes) is 2. The largest absolute Gasteiger partial charge is 0.330 e. The molecule has 0 heterocycles. The van der Waals surface area contributed by atoms with E-state index in [2.05, 4.69) is 53.1 Å². The second-order valence-corrected chi connectivity index (χ2v) is 6.09. The Morgan fingerprint density at radius 3 is 1.92 bits per heavy atom. The molecule has 0 fully saturated rings. The molecule has 0 saturated heterocycles. The molecule has 0 aromatic heterocycles. The Morgan fingerprint density at radius 2 is 1.23 bits per heavy atom. The fourth-order valence-electron chi connectivity index (χ4n) is 2.88. The van der Waals surface area contributed by atoms with Crippen LogP contribution in [-0.2, 0) is 6.42 Å². The molecular formula is C20H34Cl3N3. The highest BCUT2D eigenvalue weighted by Crippen LogP contribution is 2.18. The van der Waals surface area contributed by atoms with Crippen molar-refractivity contribution in [1.82, 2.24) is 10.6 Å². The van der Waals surface area contributed by atoms with Gasteiger partial charge in [-0.05, 0) is 81.2 Å². The van der Waals surface area contributed by atoms with Crippen LogP contribution in [0.5, 0.6) is 0 Å². The highest BCUT2D eigenvalue weighted by atomic mass is 35.5. The minimum Gasteiger partial charge on any atom is -0.330 e. The maximum atomic E-state index is 5.47. The second-order valence-electron chi connectivity index (χ2n) is 6.09. The number of hydrogen-bond donors (Lipinski definition) is 3.